The molecule has 2 heterocycles. The largest absolute Gasteiger partial charge is 0.504 e. The summed E-state index contributed by atoms with van der Waals surface area (Å²) in [6, 6.07) is 13.0. The van der Waals surface area contributed by atoms with Crippen molar-refractivity contribution in [2.24, 2.45) is 5.92 Å². The predicted molar refractivity (Wildman–Crippen MR) is 101 cm³/mol. The minimum absolute atomic E-state index is 0.339. The van der Waals surface area contributed by atoms with Crippen molar-refractivity contribution in [3.05, 3.63) is 53.0 Å². The number of hydrogen-bond acceptors (Lipinski definition) is 4. The molecule has 1 aliphatic heterocycles. The Morgan fingerprint density at radius 3 is 2.62 bits per heavy atom. The molecule has 24 heavy (non-hydrogen) atoms. The lowest BCUT2D eigenvalue weighted by atomic mass is 9.89. The topological polar surface area (TPSA) is 36.4 Å². The van der Waals surface area contributed by atoms with E-state index in [1.54, 1.807) is 16.8 Å². The lowest BCUT2D eigenvalue weighted by Gasteiger charge is -2.34. The lowest BCUT2D eigenvalue weighted by Crippen LogP contribution is -2.34. The van der Waals surface area contributed by atoms with Gasteiger partial charge in [-0.05, 0) is 49.8 Å². The maximum absolute atomic E-state index is 10.5. The van der Waals surface area contributed by atoms with Gasteiger partial charge in [0.25, 0.3) is 0 Å². The highest BCUT2D eigenvalue weighted by Crippen LogP contribution is 2.37. The number of anilines is 1. The van der Waals surface area contributed by atoms with Gasteiger partial charge in [-0.1, -0.05) is 29.8 Å². The van der Waals surface area contributed by atoms with Gasteiger partial charge in [0.1, 0.15) is 5.52 Å². The zero-order chi connectivity index (χ0) is 16.5. The van der Waals surface area contributed by atoms with Crippen LogP contribution in [0.15, 0.2) is 41.9 Å². The van der Waals surface area contributed by atoms with Gasteiger partial charge in [0.15, 0.2) is 5.75 Å². The van der Waals surface area contributed by atoms with Gasteiger partial charge >= 0.3 is 0 Å². The molecular weight excluding hydrogens is 316 g/mol. The summed E-state index contributed by atoms with van der Waals surface area (Å²) in [5.74, 6) is 1.07. The molecule has 4 rings (SSSR count). The molecule has 1 N–H and O–H groups in total. The number of piperidine rings is 1. The Balaban J connectivity index is 1.43. The number of fused-ring (bicyclic) bond motifs is 1. The van der Waals surface area contributed by atoms with E-state index in [1.807, 2.05) is 6.07 Å². The highest BCUT2D eigenvalue weighted by molar-refractivity contribution is 7.16. The summed E-state index contributed by atoms with van der Waals surface area (Å²) in [6.07, 6.45) is 3.50. The van der Waals surface area contributed by atoms with Crippen LogP contribution in [-0.4, -0.2) is 23.2 Å². The maximum Gasteiger partial charge on any atom is 0.166 e. The van der Waals surface area contributed by atoms with E-state index in [2.05, 4.69) is 47.1 Å². The Labute approximate surface area is 146 Å². The summed E-state index contributed by atoms with van der Waals surface area (Å²) in [5.41, 5.74) is 6.22. The summed E-state index contributed by atoms with van der Waals surface area (Å²) in [7, 11) is 0. The van der Waals surface area contributed by atoms with Gasteiger partial charge in [-0.25, -0.2) is 4.98 Å². The smallest absolute Gasteiger partial charge is 0.166 e. The predicted octanol–water partition coefficient (Wildman–Crippen LogP) is 4.77. The standard InChI is InChI=1S/C20H22N2OS/c1-14-2-4-15(5-3-14)12-16-8-10-22(11-9-16)17-6-7-18-19(20(17)23)21-13-24-18/h2-7,13,16,23H,8-12H2,1H3. The highest BCUT2D eigenvalue weighted by atomic mass is 32.1. The van der Waals surface area contributed by atoms with Gasteiger partial charge in [-0.2, -0.15) is 0 Å². The van der Waals surface area contributed by atoms with Crippen LogP contribution in [0.1, 0.15) is 24.0 Å². The van der Waals surface area contributed by atoms with Crippen LogP contribution in [0.25, 0.3) is 10.2 Å². The second-order valence-corrected chi connectivity index (χ2v) is 7.64. The number of aryl methyl sites for hydroxylation is 1. The molecule has 3 aromatic rings. The third kappa shape index (κ3) is 2.98. The SMILES string of the molecule is Cc1ccc(CC2CCN(c3ccc4scnc4c3O)CC2)cc1. The molecule has 124 valence electrons. The number of phenolic OH excluding ortho intramolecular Hbond substituents is 1. The van der Waals surface area contributed by atoms with Crippen LogP contribution in [0, 0.1) is 12.8 Å². The molecule has 1 aliphatic rings. The molecule has 1 saturated heterocycles. The Morgan fingerprint density at radius 2 is 1.88 bits per heavy atom. The molecule has 0 spiro atoms. The van der Waals surface area contributed by atoms with Crippen LogP contribution in [0.4, 0.5) is 5.69 Å². The highest BCUT2D eigenvalue weighted by Gasteiger charge is 2.22. The zero-order valence-corrected chi connectivity index (χ0v) is 14.7. The molecule has 3 nitrogen and oxygen atoms in total. The van der Waals surface area contributed by atoms with Crippen LogP contribution < -0.4 is 4.90 Å². The summed E-state index contributed by atoms with van der Waals surface area (Å²) in [6.45, 7) is 4.13. The second-order valence-electron chi connectivity index (χ2n) is 6.75. The fourth-order valence-corrected chi connectivity index (χ4v) is 4.28. The van der Waals surface area contributed by atoms with Crippen LogP contribution in [0.2, 0.25) is 0 Å². The number of phenols is 1. The quantitative estimate of drug-likeness (QED) is 0.747. The molecule has 2 aromatic carbocycles. The Kier molecular flexibility index (Phi) is 4.15. The van der Waals surface area contributed by atoms with E-state index in [0.29, 0.717) is 5.75 Å². The van der Waals surface area contributed by atoms with Gasteiger partial charge in [0, 0.05) is 13.1 Å². The van der Waals surface area contributed by atoms with Crippen LogP contribution in [-0.2, 0) is 6.42 Å². The molecule has 0 atom stereocenters. The fourth-order valence-electron chi connectivity index (χ4n) is 3.60. The summed E-state index contributed by atoms with van der Waals surface area (Å²) in [4.78, 5) is 6.60. The first kappa shape index (κ1) is 15.5. The molecule has 4 heteroatoms. The van der Waals surface area contributed by atoms with Crippen molar-refractivity contribution in [3.63, 3.8) is 0 Å². The van der Waals surface area contributed by atoms with Crippen LogP contribution in [0.3, 0.4) is 0 Å². The van der Waals surface area contributed by atoms with E-state index < -0.39 is 0 Å². The van der Waals surface area contributed by atoms with Crippen molar-refractivity contribution in [2.75, 3.05) is 18.0 Å². The van der Waals surface area contributed by atoms with Gasteiger partial charge < -0.3 is 10.0 Å². The van der Waals surface area contributed by atoms with Crippen LogP contribution >= 0.6 is 11.3 Å². The van der Waals surface area contributed by atoms with Gasteiger partial charge in [-0.15, -0.1) is 11.3 Å². The van der Waals surface area contributed by atoms with Crippen LogP contribution in [0.5, 0.6) is 5.75 Å². The minimum atomic E-state index is 0.339. The van der Waals surface area contributed by atoms with E-state index in [1.165, 1.54) is 24.0 Å². The third-order valence-corrected chi connectivity index (χ3v) is 5.85. The lowest BCUT2D eigenvalue weighted by molar-refractivity contribution is 0.399. The molecule has 1 aromatic heterocycles. The normalized spacial score (nSPS) is 16.0. The van der Waals surface area contributed by atoms with E-state index in [9.17, 15) is 5.11 Å². The molecule has 1 fully saturated rings. The first-order valence-electron chi connectivity index (χ1n) is 8.56. The maximum atomic E-state index is 10.5. The van der Waals surface area contributed by atoms with Gasteiger partial charge in [0.05, 0.1) is 15.9 Å². The van der Waals surface area contributed by atoms with Crippen molar-refractivity contribution < 1.29 is 5.11 Å². The van der Waals surface area contributed by atoms with Crippen molar-refractivity contribution in [1.82, 2.24) is 4.98 Å². The molecule has 0 saturated carbocycles. The number of nitrogens with zero attached hydrogens (tertiary/aromatic N) is 2. The Morgan fingerprint density at radius 1 is 1.12 bits per heavy atom. The van der Waals surface area contributed by atoms with E-state index >= 15 is 0 Å². The van der Waals surface area contributed by atoms with Gasteiger partial charge in [0.2, 0.25) is 0 Å². The zero-order valence-electron chi connectivity index (χ0n) is 13.9. The molecule has 0 amide bonds. The Hall–Kier alpha value is -2.07. The van der Waals surface area contributed by atoms with Gasteiger partial charge in [-0.3, -0.25) is 0 Å². The molecule has 0 bridgehead atoms. The fraction of sp³-hybridized carbons (Fsp3) is 0.350. The Bertz CT molecular complexity index is 832. The summed E-state index contributed by atoms with van der Waals surface area (Å²) >= 11 is 1.57. The van der Waals surface area contributed by atoms with E-state index in [4.69, 9.17) is 0 Å². The molecule has 0 unspecified atom stereocenters. The summed E-state index contributed by atoms with van der Waals surface area (Å²) < 4.78 is 1.05. The number of thiazole rings is 1. The van der Waals surface area contributed by atoms with E-state index in [0.717, 1.165) is 41.3 Å². The molecule has 0 radical (unpaired) electrons. The average Bonchev–Trinajstić information content (AvgIpc) is 3.08. The van der Waals surface area contributed by atoms with Crippen molar-refractivity contribution in [3.8, 4) is 5.75 Å². The van der Waals surface area contributed by atoms with Crippen molar-refractivity contribution in [1.29, 1.82) is 0 Å². The molecular formula is C20H22N2OS. The van der Waals surface area contributed by atoms with E-state index in [-0.39, 0.29) is 0 Å². The number of rotatable bonds is 3. The van der Waals surface area contributed by atoms with Crippen molar-refractivity contribution >= 4 is 27.2 Å². The monoisotopic (exact) mass is 338 g/mol. The first-order valence-corrected chi connectivity index (χ1v) is 9.44. The molecule has 0 aliphatic carbocycles. The number of aromatic nitrogens is 1. The minimum Gasteiger partial charge on any atom is -0.504 e. The van der Waals surface area contributed by atoms with Crippen molar-refractivity contribution in [2.45, 2.75) is 26.2 Å². The second kappa shape index (κ2) is 6.44. The number of hydrogen-bond donors (Lipinski definition) is 1. The third-order valence-electron chi connectivity index (χ3n) is 5.05. The first-order chi connectivity index (χ1) is 11.7. The number of benzene rings is 2. The average molecular weight is 338 g/mol. The number of aromatic hydroxyl groups is 1. The summed E-state index contributed by atoms with van der Waals surface area (Å²) in [5, 5.41) is 10.5.